The van der Waals surface area contributed by atoms with Crippen LogP contribution in [0.25, 0.3) is 0 Å². The van der Waals surface area contributed by atoms with Gasteiger partial charge in [0.2, 0.25) is 0 Å². The first-order chi connectivity index (χ1) is 8.66. The summed E-state index contributed by atoms with van der Waals surface area (Å²) in [5.74, 6) is 0.366. The minimum absolute atomic E-state index is 0.366. The van der Waals surface area contributed by atoms with Crippen molar-refractivity contribution in [1.82, 2.24) is 9.80 Å². The second kappa shape index (κ2) is 6.55. The lowest BCUT2D eigenvalue weighted by Gasteiger charge is -2.21. The molecule has 0 amide bonds. The van der Waals surface area contributed by atoms with E-state index in [1.807, 2.05) is 18.2 Å². The lowest BCUT2D eigenvalue weighted by molar-refractivity contribution is 0.250. The topological polar surface area (TPSA) is 26.7 Å². The molecule has 1 aromatic rings. The third kappa shape index (κ3) is 3.70. The molecule has 1 aliphatic heterocycles. The summed E-state index contributed by atoms with van der Waals surface area (Å²) < 4.78 is 0.771. The van der Waals surface area contributed by atoms with Gasteiger partial charge in [-0.25, -0.2) is 0 Å². The molecule has 0 saturated carbocycles. The molecule has 4 heteroatoms. The van der Waals surface area contributed by atoms with E-state index in [9.17, 15) is 5.11 Å². The fourth-order valence-electron chi connectivity index (χ4n) is 2.38. The number of halogens is 1. The predicted octanol–water partition coefficient (Wildman–Crippen LogP) is 2.68. The summed E-state index contributed by atoms with van der Waals surface area (Å²) in [7, 11) is 2.11. The number of hydrogen-bond donors (Lipinski definition) is 1. The number of benzene rings is 1. The van der Waals surface area contributed by atoms with E-state index in [2.05, 4.69) is 32.8 Å². The molecule has 1 aliphatic rings. The maximum Gasteiger partial charge on any atom is 0.134 e. The Morgan fingerprint density at radius 3 is 2.78 bits per heavy atom. The molecule has 0 spiro atoms. The van der Waals surface area contributed by atoms with E-state index in [4.69, 9.17) is 0 Å². The zero-order valence-electron chi connectivity index (χ0n) is 10.9. The Balaban J connectivity index is 1.82. The maximum absolute atomic E-state index is 9.94. The summed E-state index contributed by atoms with van der Waals surface area (Å²) >= 11 is 3.35. The molecule has 1 N–H and O–H groups in total. The molecule has 1 saturated heterocycles. The molecular weight excluding hydrogens is 292 g/mol. The van der Waals surface area contributed by atoms with Crippen LogP contribution >= 0.6 is 15.9 Å². The monoisotopic (exact) mass is 312 g/mol. The van der Waals surface area contributed by atoms with E-state index in [0.29, 0.717) is 5.75 Å². The predicted molar refractivity (Wildman–Crippen MR) is 77.8 cm³/mol. The maximum atomic E-state index is 9.94. The van der Waals surface area contributed by atoms with Gasteiger partial charge in [0.05, 0.1) is 4.47 Å². The van der Waals surface area contributed by atoms with Crippen molar-refractivity contribution in [3.8, 4) is 5.75 Å². The van der Waals surface area contributed by atoms with Crippen LogP contribution in [-0.2, 0) is 6.54 Å². The molecule has 0 bridgehead atoms. The molecule has 1 fully saturated rings. The SMILES string of the molecule is CN(CCN1CCCC1)Cc1cccc(Br)c1O. The average Bonchev–Trinajstić information content (AvgIpc) is 2.86. The molecule has 18 heavy (non-hydrogen) atoms. The average molecular weight is 313 g/mol. The van der Waals surface area contributed by atoms with Gasteiger partial charge in [-0.15, -0.1) is 0 Å². The first-order valence-corrected chi connectivity index (χ1v) is 7.33. The molecule has 100 valence electrons. The molecule has 0 aliphatic carbocycles. The summed E-state index contributed by atoms with van der Waals surface area (Å²) in [6, 6.07) is 5.81. The van der Waals surface area contributed by atoms with Gasteiger partial charge in [-0.05, 0) is 55.0 Å². The van der Waals surface area contributed by atoms with E-state index < -0.39 is 0 Å². The van der Waals surface area contributed by atoms with E-state index in [1.165, 1.54) is 25.9 Å². The van der Waals surface area contributed by atoms with Crippen molar-refractivity contribution in [3.05, 3.63) is 28.2 Å². The van der Waals surface area contributed by atoms with Crippen LogP contribution in [0.4, 0.5) is 0 Å². The highest BCUT2D eigenvalue weighted by molar-refractivity contribution is 9.10. The molecule has 0 radical (unpaired) electrons. The van der Waals surface area contributed by atoms with Crippen LogP contribution in [0.5, 0.6) is 5.75 Å². The summed E-state index contributed by atoms with van der Waals surface area (Å²) in [6.07, 6.45) is 2.69. The van der Waals surface area contributed by atoms with Gasteiger partial charge in [0.15, 0.2) is 0 Å². The number of phenolic OH excluding ortho intramolecular Hbond substituents is 1. The van der Waals surface area contributed by atoms with Crippen molar-refractivity contribution < 1.29 is 5.11 Å². The van der Waals surface area contributed by atoms with Crippen molar-refractivity contribution in [2.75, 3.05) is 33.2 Å². The summed E-state index contributed by atoms with van der Waals surface area (Å²) in [5.41, 5.74) is 0.980. The summed E-state index contributed by atoms with van der Waals surface area (Å²) in [4.78, 5) is 4.77. The third-order valence-electron chi connectivity index (χ3n) is 3.51. The Hall–Kier alpha value is -0.580. The normalized spacial score (nSPS) is 16.6. The van der Waals surface area contributed by atoms with Gasteiger partial charge in [-0.2, -0.15) is 0 Å². The van der Waals surface area contributed by atoms with E-state index in [0.717, 1.165) is 29.7 Å². The fraction of sp³-hybridized carbons (Fsp3) is 0.571. The Morgan fingerprint density at radius 1 is 1.33 bits per heavy atom. The van der Waals surface area contributed by atoms with Crippen molar-refractivity contribution in [3.63, 3.8) is 0 Å². The molecule has 0 aromatic heterocycles. The third-order valence-corrected chi connectivity index (χ3v) is 4.15. The molecule has 0 atom stereocenters. The Morgan fingerprint density at radius 2 is 2.06 bits per heavy atom. The standard InChI is InChI=1S/C14H21BrN2O/c1-16(9-10-17-7-2-3-8-17)11-12-5-4-6-13(15)14(12)18/h4-6,18H,2-3,7-11H2,1H3. The van der Waals surface area contributed by atoms with Crippen LogP contribution < -0.4 is 0 Å². The highest BCUT2D eigenvalue weighted by atomic mass is 79.9. The van der Waals surface area contributed by atoms with Gasteiger partial charge in [0, 0.05) is 25.2 Å². The number of likely N-dealkylation sites (tertiary alicyclic amines) is 1. The fourth-order valence-corrected chi connectivity index (χ4v) is 2.78. The van der Waals surface area contributed by atoms with Crippen LogP contribution in [0.1, 0.15) is 18.4 Å². The van der Waals surface area contributed by atoms with E-state index in [-0.39, 0.29) is 0 Å². The highest BCUT2D eigenvalue weighted by Gasteiger charge is 2.12. The van der Waals surface area contributed by atoms with Crippen molar-refractivity contribution in [1.29, 1.82) is 0 Å². The zero-order chi connectivity index (χ0) is 13.0. The number of aromatic hydroxyl groups is 1. The molecule has 2 rings (SSSR count). The lowest BCUT2D eigenvalue weighted by Crippen LogP contribution is -2.31. The first kappa shape index (κ1) is 13.8. The van der Waals surface area contributed by atoms with Gasteiger partial charge in [0.25, 0.3) is 0 Å². The molecule has 1 heterocycles. The second-order valence-corrected chi connectivity index (χ2v) is 5.89. The van der Waals surface area contributed by atoms with Crippen LogP contribution in [-0.4, -0.2) is 48.1 Å². The molecule has 3 nitrogen and oxygen atoms in total. The van der Waals surface area contributed by atoms with Crippen molar-refractivity contribution >= 4 is 15.9 Å². The Kier molecular flexibility index (Phi) is 5.03. The Bertz CT molecular complexity index is 391. The number of likely N-dealkylation sites (N-methyl/N-ethyl adjacent to an activating group) is 1. The smallest absolute Gasteiger partial charge is 0.134 e. The first-order valence-electron chi connectivity index (χ1n) is 6.54. The number of phenols is 1. The van der Waals surface area contributed by atoms with Gasteiger partial charge in [-0.3, -0.25) is 0 Å². The molecular formula is C14H21BrN2O. The van der Waals surface area contributed by atoms with Gasteiger partial charge >= 0.3 is 0 Å². The van der Waals surface area contributed by atoms with Gasteiger partial charge in [0.1, 0.15) is 5.75 Å². The van der Waals surface area contributed by atoms with E-state index in [1.54, 1.807) is 0 Å². The lowest BCUT2D eigenvalue weighted by atomic mass is 10.2. The minimum atomic E-state index is 0.366. The van der Waals surface area contributed by atoms with Gasteiger partial charge < -0.3 is 14.9 Å². The largest absolute Gasteiger partial charge is 0.506 e. The number of nitrogens with zero attached hydrogens (tertiary/aromatic N) is 2. The molecule has 0 unspecified atom stereocenters. The second-order valence-electron chi connectivity index (χ2n) is 5.03. The summed E-state index contributed by atoms with van der Waals surface area (Å²) in [5, 5.41) is 9.94. The van der Waals surface area contributed by atoms with Crippen molar-refractivity contribution in [2.24, 2.45) is 0 Å². The summed E-state index contributed by atoms with van der Waals surface area (Å²) in [6.45, 7) is 5.46. The van der Waals surface area contributed by atoms with Crippen LogP contribution in [0.2, 0.25) is 0 Å². The molecule has 1 aromatic carbocycles. The number of para-hydroxylation sites is 1. The number of hydrogen-bond acceptors (Lipinski definition) is 3. The van der Waals surface area contributed by atoms with Crippen LogP contribution in [0, 0.1) is 0 Å². The minimum Gasteiger partial charge on any atom is -0.506 e. The quantitative estimate of drug-likeness (QED) is 0.905. The number of rotatable bonds is 5. The van der Waals surface area contributed by atoms with Crippen LogP contribution in [0.15, 0.2) is 22.7 Å². The van der Waals surface area contributed by atoms with Crippen molar-refractivity contribution in [2.45, 2.75) is 19.4 Å². The van der Waals surface area contributed by atoms with Gasteiger partial charge in [-0.1, -0.05) is 12.1 Å². The highest BCUT2D eigenvalue weighted by Crippen LogP contribution is 2.28. The van der Waals surface area contributed by atoms with E-state index >= 15 is 0 Å². The zero-order valence-corrected chi connectivity index (χ0v) is 12.5. The Labute approximate surface area is 118 Å². The van der Waals surface area contributed by atoms with Crippen LogP contribution in [0.3, 0.4) is 0 Å².